The summed E-state index contributed by atoms with van der Waals surface area (Å²) in [7, 11) is 4.74. The smallest absolute Gasteiger partial charge is 0.0131 e. The topological polar surface area (TPSA) is 3.24 Å². The predicted molar refractivity (Wildman–Crippen MR) is 93.8 cm³/mol. The van der Waals surface area contributed by atoms with Crippen LogP contribution < -0.4 is 0 Å². The Morgan fingerprint density at radius 3 is 2.45 bits per heavy atom. The molecule has 0 saturated heterocycles. The van der Waals surface area contributed by atoms with E-state index in [4.69, 9.17) is 0 Å². The lowest BCUT2D eigenvalue weighted by Gasteiger charge is -2.63. The third kappa shape index (κ3) is 2.06. The SMILES string of the molecule is CN(C)C1CC2(C)CCCC2C2CCC3CCCCC3(C)C21. The van der Waals surface area contributed by atoms with E-state index in [0.29, 0.717) is 10.8 Å². The van der Waals surface area contributed by atoms with Crippen molar-refractivity contribution in [2.24, 2.45) is 34.5 Å². The van der Waals surface area contributed by atoms with Gasteiger partial charge in [0.15, 0.2) is 0 Å². The summed E-state index contributed by atoms with van der Waals surface area (Å²) in [6.45, 7) is 5.36. The van der Waals surface area contributed by atoms with Crippen LogP contribution in [0.25, 0.3) is 0 Å². The quantitative estimate of drug-likeness (QED) is 0.631. The lowest BCUT2D eigenvalue weighted by molar-refractivity contribution is -0.138. The van der Waals surface area contributed by atoms with Gasteiger partial charge >= 0.3 is 0 Å². The summed E-state index contributed by atoms with van der Waals surface area (Å²) in [5.74, 6) is 4.11. The molecule has 0 aromatic rings. The highest BCUT2D eigenvalue weighted by molar-refractivity contribution is 5.11. The van der Waals surface area contributed by atoms with E-state index in [1.54, 1.807) is 19.3 Å². The van der Waals surface area contributed by atoms with E-state index in [1.165, 1.54) is 44.9 Å². The highest BCUT2D eigenvalue weighted by Gasteiger charge is 2.60. The summed E-state index contributed by atoms with van der Waals surface area (Å²) < 4.78 is 0. The molecular weight excluding hydrogens is 266 g/mol. The molecule has 1 nitrogen and oxygen atoms in total. The zero-order valence-electron chi connectivity index (χ0n) is 15.4. The van der Waals surface area contributed by atoms with Crippen molar-refractivity contribution in [3.05, 3.63) is 0 Å². The van der Waals surface area contributed by atoms with Crippen molar-refractivity contribution in [3.8, 4) is 0 Å². The number of nitrogens with zero attached hydrogens (tertiary/aromatic N) is 1. The first kappa shape index (κ1) is 15.5. The first-order valence-corrected chi connectivity index (χ1v) is 10.1. The highest BCUT2D eigenvalue weighted by atomic mass is 15.1. The van der Waals surface area contributed by atoms with Crippen molar-refractivity contribution in [3.63, 3.8) is 0 Å². The van der Waals surface area contributed by atoms with Gasteiger partial charge in [0.05, 0.1) is 0 Å². The van der Waals surface area contributed by atoms with Gasteiger partial charge in [-0.1, -0.05) is 33.1 Å². The Balaban J connectivity index is 1.73. The van der Waals surface area contributed by atoms with E-state index in [9.17, 15) is 0 Å². The summed E-state index contributed by atoms with van der Waals surface area (Å²) in [6, 6.07) is 0.843. The van der Waals surface area contributed by atoms with Crippen LogP contribution in [0, 0.1) is 34.5 Å². The second kappa shape index (κ2) is 5.23. The molecule has 22 heavy (non-hydrogen) atoms. The fourth-order valence-electron chi connectivity index (χ4n) is 7.93. The van der Waals surface area contributed by atoms with Crippen molar-refractivity contribution in [1.29, 1.82) is 0 Å². The molecule has 4 fully saturated rings. The van der Waals surface area contributed by atoms with Crippen LogP contribution in [0.2, 0.25) is 0 Å². The summed E-state index contributed by atoms with van der Waals surface area (Å²) in [6.07, 6.45) is 15.2. The number of rotatable bonds is 1. The standard InChI is InChI=1S/C21H37N/c1-20-12-7-9-17(20)16-11-10-15-8-5-6-13-21(15,2)19(16)18(14-20)22(3)4/h15-19H,5-14H2,1-4H3. The molecule has 4 aliphatic carbocycles. The van der Waals surface area contributed by atoms with Gasteiger partial charge in [-0.15, -0.1) is 0 Å². The third-order valence-electron chi connectivity index (χ3n) is 8.95. The van der Waals surface area contributed by atoms with Crippen LogP contribution in [0.3, 0.4) is 0 Å². The summed E-state index contributed by atoms with van der Waals surface area (Å²) in [5, 5.41) is 0. The van der Waals surface area contributed by atoms with Crippen LogP contribution in [-0.2, 0) is 0 Å². The van der Waals surface area contributed by atoms with Crippen molar-refractivity contribution >= 4 is 0 Å². The second-order valence-corrected chi connectivity index (χ2v) is 10.1. The largest absolute Gasteiger partial charge is 0.306 e. The molecule has 0 heterocycles. The Kier molecular flexibility index (Phi) is 3.68. The fourth-order valence-corrected chi connectivity index (χ4v) is 7.93. The van der Waals surface area contributed by atoms with E-state index < -0.39 is 0 Å². The molecule has 4 saturated carbocycles. The molecule has 7 atom stereocenters. The first-order valence-electron chi connectivity index (χ1n) is 10.1. The van der Waals surface area contributed by atoms with Crippen LogP contribution in [0.5, 0.6) is 0 Å². The second-order valence-electron chi connectivity index (χ2n) is 10.1. The van der Waals surface area contributed by atoms with Gasteiger partial charge in [0, 0.05) is 6.04 Å². The molecule has 7 unspecified atom stereocenters. The van der Waals surface area contributed by atoms with Crippen LogP contribution in [-0.4, -0.2) is 25.0 Å². The van der Waals surface area contributed by atoms with Crippen molar-refractivity contribution in [2.75, 3.05) is 14.1 Å². The summed E-state index contributed by atoms with van der Waals surface area (Å²) in [5.41, 5.74) is 1.31. The maximum absolute atomic E-state index is 2.71. The zero-order chi connectivity index (χ0) is 15.5. The van der Waals surface area contributed by atoms with Gasteiger partial charge in [-0.3, -0.25) is 0 Å². The van der Waals surface area contributed by atoms with Gasteiger partial charge in [-0.25, -0.2) is 0 Å². The maximum Gasteiger partial charge on any atom is 0.0131 e. The molecule has 0 aromatic carbocycles. The van der Waals surface area contributed by atoms with Crippen molar-refractivity contribution in [2.45, 2.75) is 84.1 Å². The van der Waals surface area contributed by atoms with Gasteiger partial charge in [0.25, 0.3) is 0 Å². The lowest BCUT2D eigenvalue weighted by atomic mass is 9.44. The molecule has 0 aromatic heterocycles. The number of fused-ring (bicyclic) bond motifs is 5. The normalized spacial score (nSPS) is 54.7. The average Bonchev–Trinajstić information content (AvgIpc) is 2.87. The molecule has 0 spiro atoms. The minimum Gasteiger partial charge on any atom is -0.306 e. The van der Waals surface area contributed by atoms with E-state index in [-0.39, 0.29) is 0 Å². The van der Waals surface area contributed by atoms with Crippen LogP contribution >= 0.6 is 0 Å². The monoisotopic (exact) mass is 303 g/mol. The van der Waals surface area contributed by atoms with E-state index in [1.807, 2.05) is 0 Å². The van der Waals surface area contributed by atoms with Gasteiger partial charge in [0.2, 0.25) is 0 Å². The van der Waals surface area contributed by atoms with Crippen molar-refractivity contribution in [1.82, 2.24) is 4.90 Å². The van der Waals surface area contributed by atoms with Crippen LogP contribution in [0.4, 0.5) is 0 Å². The molecule has 126 valence electrons. The van der Waals surface area contributed by atoms with Gasteiger partial charge in [-0.2, -0.15) is 0 Å². The van der Waals surface area contributed by atoms with Gasteiger partial charge in [0.1, 0.15) is 0 Å². The molecule has 4 aliphatic rings. The molecule has 0 amide bonds. The Hall–Kier alpha value is -0.0400. The first-order chi connectivity index (χ1) is 10.5. The zero-order valence-corrected chi connectivity index (χ0v) is 15.4. The molecule has 0 bridgehead atoms. The Morgan fingerprint density at radius 1 is 0.864 bits per heavy atom. The summed E-state index contributed by atoms with van der Waals surface area (Å²) in [4.78, 5) is 2.62. The lowest BCUT2D eigenvalue weighted by Crippen LogP contribution is -2.60. The molecule has 0 aliphatic heterocycles. The average molecular weight is 304 g/mol. The summed E-state index contributed by atoms with van der Waals surface area (Å²) >= 11 is 0. The highest BCUT2D eigenvalue weighted by Crippen LogP contribution is 2.66. The van der Waals surface area contributed by atoms with Gasteiger partial charge < -0.3 is 4.90 Å². The molecule has 4 rings (SSSR count). The van der Waals surface area contributed by atoms with Crippen LogP contribution in [0.15, 0.2) is 0 Å². The number of hydrogen-bond donors (Lipinski definition) is 0. The Labute approximate surface area is 138 Å². The Morgan fingerprint density at radius 2 is 1.68 bits per heavy atom. The Bertz CT molecular complexity index is 430. The van der Waals surface area contributed by atoms with Crippen molar-refractivity contribution < 1.29 is 0 Å². The molecular formula is C21H37N. The maximum atomic E-state index is 2.71. The number of hydrogen-bond acceptors (Lipinski definition) is 1. The molecule has 1 heteroatoms. The fraction of sp³-hybridized carbons (Fsp3) is 1.00. The van der Waals surface area contributed by atoms with E-state index in [0.717, 1.165) is 29.7 Å². The van der Waals surface area contributed by atoms with E-state index in [2.05, 4.69) is 32.8 Å². The minimum atomic E-state index is 0.653. The third-order valence-corrected chi connectivity index (χ3v) is 8.95. The van der Waals surface area contributed by atoms with Gasteiger partial charge in [-0.05, 0) is 93.5 Å². The minimum absolute atomic E-state index is 0.653. The molecule has 0 radical (unpaired) electrons. The predicted octanol–water partition coefficient (Wildman–Crippen LogP) is 5.35. The van der Waals surface area contributed by atoms with E-state index >= 15 is 0 Å². The van der Waals surface area contributed by atoms with Crippen LogP contribution in [0.1, 0.15) is 78.1 Å². The molecule has 0 N–H and O–H groups in total.